The van der Waals surface area contributed by atoms with Crippen LogP contribution in [0.2, 0.25) is 0 Å². The Hall–Kier alpha value is -6.78. The second-order valence-corrected chi connectivity index (χ2v) is 17.5. The van der Waals surface area contributed by atoms with Gasteiger partial charge in [-0.25, -0.2) is 0 Å². The minimum atomic E-state index is 0.0648. The first-order valence-corrected chi connectivity index (χ1v) is 20.2. The Morgan fingerprint density at radius 3 is 1.02 bits per heavy atom. The molecule has 0 aliphatic heterocycles. The fourth-order valence-corrected chi connectivity index (χ4v) is 8.49. The fraction of sp³-hybridized carbons (Fsp3) is 0.148. The monoisotopic (exact) mass is 754 g/mol. The lowest BCUT2D eigenvalue weighted by molar-refractivity contribution is 0.590. The van der Waals surface area contributed by atoms with E-state index in [9.17, 15) is 0 Å². The Balaban J connectivity index is 1.15. The van der Waals surface area contributed by atoms with Gasteiger partial charge in [-0.15, -0.1) is 0 Å². The van der Waals surface area contributed by atoms with Crippen molar-refractivity contribution in [2.75, 3.05) is 9.80 Å². The van der Waals surface area contributed by atoms with Gasteiger partial charge in [0.1, 0.15) is 11.2 Å². The van der Waals surface area contributed by atoms with Gasteiger partial charge in [-0.2, -0.15) is 0 Å². The quantitative estimate of drug-likeness (QED) is 0.169. The minimum absolute atomic E-state index is 0.0648. The van der Waals surface area contributed by atoms with Crippen molar-refractivity contribution < 1.29 is 8.83 Å². The van der Waals surface area contributed by atoms with Gasteiger partial charge < -0.3 is 18.6 Å². The molecular formula is C54H46N2O2. The van der Waals surface area contributed by atoms with Gasteiger partial charge in [-0.1, -0.05) is 126 Å². The van der Waals surface area contributed by atoms with Crippen LogP contribution < -0.4 is 9.80 Å². The van der Waals surface area contributed by atoms with Crippen LogP contribution in [0, 0.1) is 0 Å². The molecule has 2 heterocycles. The topological polar surface area (TPSA) is 32.8 Å². The lowest BCUT2D eigenvalue weighted by atomic mass is 9.87. The number of benzene rings is 8. The molecule has 8 aromatic carbocycles. The number of fused-ring (bicyclic) bond motifs is 10. The summed E-state index contributed by atoms with van der Waals surface area (Å²) in [6.45, 7) is 13.5. The van der Waals surface area contributed by atoms with Crippen LogP contribution in [-0.4, -0.2) is 0 Å². The Morgan fingerprint density at radius 2 is 0.655 bits per heavy atom. The summed E-state index contributed by atoms with van der Waals surface area (Å²) in [5.41, 5.74) is 12.3. The van der Waals surface area contributed by atoms with Crippen molar-refractivity contribution in [3.63, 3.8) is 0 Å². The number of furan rings is 2. The number of rotatable bonds is 6. The van der Waals surface area contributed by atoms with E-state index < -0.39 is 0 Å². The van der Waals surface area contributed by atoms with E-state index in [0.717, 1.165) is 88.8 Å². The summed E-state index contributed by atoms with van der Waals surface area (Å²) in [5.74, 6) is 0. The average Bonchev–Trinajstić information content (AvgIpc) is 3.81. The first kappa shape index (κ1) is 35.6. The smallest absolute Gasteiger partial charge is 0.179 e. The molecule has 58 heavy (non-hydrogen) atoms. The van der Waals surface area contributed by atoms with Crippen molar-refractivity contribution in [2.45, 2.75) is 52.4 Å². The van der Waals surface area contributed by atoms with E-state index in [1.54, 1.807) is 0 Å². The molecule has 0 aliphatic rings. The van der Waals surface area contributed by atoms with E-state index in [1.165, 1.54) is 11.1 Å². The van der Waals surface area contributed by atoms with Crippen molar-refractivity contribution in [1.82, 2.24) is 0 Å². The number of hydrogen-bond acceptors (Lipinski definition) is 4. The maximum Gasteiger partial charge on any atom is 0.179 e. The van der Waals surface area contributed by atoms with E-state index >= 15 is 0 Å². The standard InChI is InChI=1S/C54H46N2O2/c1-53(2,3)35-21-25-39(26-22-35)55(37-15-9-7-10-16-37)41-29-31-45-47(33-41)57-51-49(45)43-19-13-14-20-44(43)50-46-32-30-42(34-48(46)58-52(50)51)56(38-17-11-8-12-18-38)40-27-23-36(24-28-40)54(4,5)6/h7-34H,1-6H3. The van der Waals surface area contributed by atoms with E-state index in [4.69, 9.17) is 8.83 Å². The molecule has 4 nitrogen and oxygen atoms in total. The third-order valence-electron chi connectivity index (χ3n) is 11.5. The molecular weight excluding hydrogens is 709 g/mol. The van der Waals surface area contributed by atoms with Crippen molar-refractivity contribution in [2.24, 2.45) is 0 Å². The second-order valence-electron chi connectivity index (χ2n) is 17.5. The van der Waals surface area contributed by atoms with Crippen LogP contribution in [-0.2, 0) is 10.8 Å². The highest BCUT2D eigenvalue weighted by molar-refractivity contribution is 6.33. The van der Waals surface area contributed by atoms with Gasteiger partial charge in [-0.3, -0.25) is 0 Å². The molecule has 0 saturated carbocycles. The predicted octanol–water partition coefficient (Wildman–Crippen LogP) is 16.2. The first-order valence-electron chi connectivity index (χ1n) is 20.2. The lowest BCUT2D eigenvalue weighted by Gasteiger charge is -2.27. The van der Waals surface area contributed by atoms with Crippen LogP contribution >= 0.6 is 0 Å². The molecule has 2 aromatic heterocycles. The molecule has 0 radical (unpaired) electrons. The van der Waals surface area contributed by atoms with E-state index in [2.05, 4.69) is 221 Å². The molecule has 284 valence electrons. The minimum Gasteiger partial charge on any atom is -0.452 e. The Morgan fingerprint density at radius 1 is 0.328 bits per heavy atom. The molecule has 0 bridgehead atoms. The Bertz CT molecular complexity index is 2890. The number of para-hydroxylation sites is 2. The second kappa shape index (κ2) is 13.4. The van der Waals surface area contributed by atoms with Gasteiger partial charge in [0, 0.05) is 67.8 Å². The van der Waals surface area contributed by atoms with Crippen LogP contribution in [0.4, 0.5) is 34.1 Å². The van der Waals surface area contributed by atoms with Crippen molar-refractivity contribution in [3.8, 4) is 0 Å². The number of anilines is 6. The van der Waals surface area contributed by atoms with Gasteiger partial charge in [0.15, 0.2) is 11.2 Å². The first-order chi connectivity index (χ1) is 28.0. The predicted molar refractivity (Wildman–Crippen MR) is 245 cm³/mol. The molecule has 10 aromatic rings. The summed E-state index contributed by atoms with van der Waals surface area (Å²) in [7, 11) is 0. The summed E-state index contributed by atoms with van der Waals surface area (Å²) in [6.07, 6.45) is 0. The molecule has 0 amide bonds. The number of hydrogen-bond donors (Lipinski definition) is 0. The third kappa shape index (κ3) is 5.99. The maximum absolute atomic E-state index is 6.95. The van der Waals surface area contributed by atoms with Crippen LogP contribution in [0.5, 0.6) is 0 Å². The SMILES string of the molecule is CC(C)(C)c1ccc(N(c2ccccc2)c2ccc3c(c2)oc2c4oc5cc(N(c6ccccc6)c6ccc(C(C)(C)C)cc6)ccc5c4c4ccccc4c32)cc1. The molecule has 0 unspecified atom stereocenters. The highest BCUT2D eigenvalue weighted by Crippen LogP contribution is 2.47. The van der Waals surface area contributed by atoms with Crippen molar-refractivity contribution in [1.29, 1.82) is 0 Å². The molecule has 0 atom stereocenters. The van der Waals surface area contributed by atoms with Crippen molar-refractivity contribution in [3.05, 3.63) is 181 Å². The largest absolute Gasteiger partial charge is 0.452 e. The zero-order valence-electron chi connectivity index (χ0n) is 33.9. The summed E-state index contributed by atoms with van der Waals surface area (Å²) < 4.78 is 13.9. The molecule has 0 fully saturated rings. The third-order valence-corrected chi connectivity index (χ3v) is 11.5. The summed E-state index contributed by atoms with van der Waals surface area (Å²) >= 11 is 0. The molecule has 10 rings (SSSR count). The normalized spacial score (nSPS) is 12.3. The van der Waals surface area contributed by atoms with E-state index in [0.29, 0.717) is 0 Å². The average molecular weight is 755 g/mol. The summed E-state index contributed by atoms with van der Waals surface area (Å²) in [4.78, 5) is 4.59. The fourth-order valence-electron chi connectivity index (χ4n) is 8.49. The summed E-state index contributed by atoms with van der Waals surface area (Å²) in [5, 5.41) is 6.53. The van der Waals surface area contributed by atoms with Gasteiger partial charge in [0.25, 0.3) is 0 Å². The van der Waals surface area contributed by atoms with Crippen LogP contribution in [0.1, 0.15) is 52.7 Å². The molecule has 0 aliphatic carbocycles. The lowest BCUT2D eigenvalue weighted by Crippen LogP contribution is -2.13. The van der Waals surface area contributed by atoms with Gasteiger partial charge >= 0.3 is 0 Å². The zero-order valence-corrected chi connectivity index (χ0v) is 33.9. The van der Waals surface area contributed by atoms with E-state index in [-0.39, 0.29) is 10.8 Å². The van der Waals surface area contributed by atoms with Crippen LogP contribution in [0.3, 0.4) is 0 Å². The molecule has 0 spiro atoms. The van der Waals surface area contributed by atoms with Gasteiger partial charge in [0.05, 0.1) is 0 Å². The van der Waals surface area contributed by atoms with Crippen LogP contribution in [0.15, 0.2) is 179 Å². The van der Waals surface area contributed by atoms with Crippen LogP contribution in [0.25, 0.3) is 54.6 Å². The molecule has 0 N–H and O–H groups in total. The highest BCUT2D eigenvalue weighted by Gasteiger charge is 2.24. The van der Waals surface area contributed by atoms with Crippen molar-refractivity contribution >= 4 is 88.8 Å². The van der Waals surface area contributed by atoms with Gasteiger partial charge in [0.2, 0.25) is 0 Å². The Labute approximate surface area is 339 Å². The number of nitrogens with zero attached hydrogens (tertiary/aromatic N) is 2. The Kier molecular flexibility index (Phi) is 8.24. The van der Waals surface area contributed by atoms with Gasteiger partial charge in [-0.05, 0) is 106 Å². The highest BCUT2D eigenvalue weighted by atomic mass is 16.4. The molecule has 0 saturated heterocycles. The van der Waals surface area contributed by atoms with E-state index in [1.807, 2.05) is 0 Å². The zero-order chi connectivity index (χ0) is 39.8. The summed E-state index contributed by atoms with van der Waals surface area (Å²) in [6, 6.07) is 60.7. The maximum atomic E-state index is 6.95. The molecule has 4 heteroatoms.